The second kappa shape index (κ2) is 5.66. The predicted molar refractivity (Wildman–Crippen MR) is 96.8 cm³/mol. The van der Waals surface area contributed by atoms with Crippen molar-refractivity contribution in [3.63, 3.8) is 0 Å². The Labute approximate surface area is 143 Å². The van der Waals surface area contributed by atoms with E-state index in [1.165, 1.54) is 24.5 Å². The molecule has 1 aliphatic rings. The quantitative estimate of drug-likeness (QED) is 0.458. The molecule has 3 heteroatoms. The van der Waals surface area contributed by atoms with Gasteiger partial charge in [-0.2, -0.15) is 0 Å². The van der Waals surface area contributed by atoms with Gasteiger partial charge in [-0.25, -0.2) is 0 Å². The van der Waals surface area contributed by atoms with Gasteiger partial charge in [0.15, 0.2) is 14.7 Å². The standard InChI is InChI=1S/C20H16OS2/c1-13-11-15(12-14(2)20(13)21)23-18-9-5-3-7-16(18)22-17-8-4-6-10-19(17)23/h3-12H,1-2H3/p+1. The first kappa shape index (κ1) is 14.7. The lowest BCUT2D eigenvalue weighted by Crippen LogP contribution is -2.11. The van der Waals surface area contributed by atoms with Crippen LogP contribution in [0.1, 0.15) is 11.1 Å². The van der Waals surface area contributed by atoms with Crippen LogP contribution in [-0.4, -0.2) is 5.11 Å². The molecule has 0 aromatic heterocycles. The van der Waals surface area contributed by atoms with E-state index in [2.05, 4.69) is 60.7 Å². The van der Waals surface area contributed by atoms with E-state index in [1.807, 2.05) is 25.6 Å². The largest absolute Gasteiger partial charge is 0.507 e. The minimum absolute atomic E-state index is 0.119. The first-order valence-electron chi connectivity index (χ1n) is 7.55. The molecule has 1 heterocycles. The molecule has 0 atom stereocenters. The summed E-state index contributed by atoms with van der Waals surface area (Å²) in [7, 11) is -0.119. The van der Waals surface area contributed by atoms with Crippen molar-refractivity contribution in [1.29, 1.82) is 0 Å². The van der Waals surface area contributed by atoms with E-state index < -0.39 is 0 Å². The molecule has 0 radical (unpaired) electrons. The number of aryl methyl sites for hydroxylation is 2. The van der Waals surface area contributed by atoms with E-state index in [4.69, 9.17) is 0 Å². The van der Waals surface area contributed by atoms with Gasteiger partial charge in [0.25, 0.3) is 0 Å². The Kier molecular flexibility index (Phi) is 3.63. The average Bonchev–Trinajstić information content (AvgIpc) is 2.57. The van der Waals surface area contributed by atoms with Gasteiger partial charge in [-0.1, -0.05) is 36.0 Å². The smallest absolute Gasteiger partial charge is 0.180 e. The maximum absolute atomic E-state index is 10.1. The van der Waals surface area contributed by atoms with Crippen molar-refractivity contribution in [2.45, 2.75) is 38.3 Å². The topological polar surface area (TPSA) is 20.2 Å². The number of fused-ring (bicyclic) bond motifs is 2. The SMILES string of the molecule is Cc1cc([S+]2c3ccccc3Sc3ccccc32)cc(C)c1O. The van der Waals surface area contributed by atoms with Crippen molar-refractivity contribution < 1.29 is 5.11 Å². The third kappa shape index (κ3) is 2.44. The van der Waals surface area contributed by atoms with E-state index in [0.29, 0.717) is 5.75 Å². The third-order valence-electron chi connectivity index (χ3n) is 4.06. The summed E-state index contributed by atoms with van der Waals surface area (Å²) in [5.74, 6) is 0.408. The fraction of sp³-hybridized carbons (Fsp3) is 0.100. The first-order valence-corrected chi connectivity index (χ1v) is 9.59. The molecule has 4 rings (SSSR count). The highest BCUT2D eigenvalue weighted by atomic mass is 32.2. The van der Waals surface area contributed by atoms with Gasteiger partial charge in [-0.3, -0.25) is 0 Å². The van der Waals surface area contributed by atoms with Crippen LogP contribution in [-0.2, 0) is 10.9 Å². The highest BCUT2D eigenvalue weighted by Gasteiger charge is 2.38. The van der Waals surface area contributed by atoms with Gasteiger partial charge in [0.05, 0.1) is 9.79 Å². The van der Waals surface area contributed by atoms with Crippen LogP contribution in [0.25, 0.3) is 0 Å². The molecular formula is C20H17OS2+. The number of benzene rings is 3. The lowest BCUT2D eigenvalue weighted by atomic mass is 10.1. The van der Waals surface area contributed by atoms with Crippen molar-refractivity contribution in [3.8, 4) is 5.75 Å². The summed E-state index contributed by atoms with van der Waals surface area (Å²) < 4.78 is 0. The molecule has 0 bridgehead atoms. The minimum Gasteiger partial charge on any atom is -0.507 e. The van der Waals surface area contributed by atoms with Crippen molar-refractivity contribution in [2.75, 3.05) is 0 Å². The van der Waals surface area contributed by atoms with Crippen LogP contribution < -0.4 is 0 Å². The first-order chi connectivity index (χ1) is 11.1. The maximum Gasteiger partial charge on any atom is 0.180 e. The second-order valence-electron chi connectivity index (χ2n) is 5.71. The average molecular weight is 337 g/mol. The summed E-state index contributed by atoms with van der Waals surface area (Å²) in [5, 5.41) is 10.1. The van der Waals surface area contributed by atoms with Crippen molar-refractivity contribution in [2.24, 2.45) is 0 Å². The molecular weight excluding hydrogens is 320 g/mol. The van der Waals surface area contributed by atoms with E-state index in [0.717, 1.165) is 11.1 Å². The normalized spacial score (nSPS) is 13.5. The Balaban J connectivity index is 1.98. The lowest BCUT2D eigenvalue weighted by molar-refractivity contribution is 0.466. The molecule has 0 fully saturated rings. The molecule has 1 aliphatic heterocycles. The zero-order valence-electron chi connectivity index (χ0n) is 13.0. The summed E-state index contributed by atoms with van der Waals surface area (Å²) in [6, 6.07) is 21.6. The van der Waals surface area contributed by atoms with Crippen LogP contribution in [0.3, 0.4) is 0 Å². The lowest BCUT2D eigenvalue weighted by Gasteiger charge is -2.19. The Hall–Kier alpha value is -1.84. The molecule has 3 aromatic carbocycles. The third-order valence-corrected chi connectivity index (χ3v) is 7.77. The number of hydrogen-bond acceptors (Lipinski definition) is 2. The second-order valence-corrected chi connectivity index (χ2v) is 8.75. The summed E-state index contributed by atoms with van der Waals surface area (Å²) in [6.07, 6.45) is 0. The van der Waals surface area contributed by atoms with Crippen LogP contribution in [0.15, 0.2) is 85.1 Å². The summed E-state index contributed by atoms with van der Waals surface area (Å²) in [6.45, 7) is 3.96. The highest BCUT2D eigenvalue weighted by Crippen LogP contribution is 2.48. The molecule has 0 saturated heterocycles. The summed E-state index contributed by atoms with van der Waals surface area (Å²) in [4.78, 5) is 6.69. The molecule has 23 heavy (non-hydrogen) atoms. The van der Waals surface area contributed by atoms with Gasteiger partial charge in [-0.05, 0) is 49.2 Å². The Morgan fingerprint density at radius 1 is 0.783 bits per heavy atom. The molecule has 0 spiro atoms. The summed E-state index contributed by atoms with van der Waals surface area (Å²) in [5.41, 5.74) is 1.89. The van der Waals surface area contributed by atoms with Crippen LogP contribution in [0.2, 0.25) is 0 Å². The van der Waals surface area contributed by atoms with Crippen LogP contribution in [0.4, 0.5) is 0 Å². The molecule has 0 unspecified atom stereocenters. The summed E-state index contributed by atoms with van der Waals surface area (Å²) >= 11 is 1.85. The monoisotopic (exact) mass is 337 g/mol. The van der Waals surface area contributed by atoms with E-state index >= 15 is 0 Å². The Bertz CT molecular complexity index is 833. The zero-order chi connectivity index (χ0) is 16.0. The number of hydrogen-bond donors (Lipinski definition) is 1. The molecule has 1 nitrogen and oxygen atoms in total. The molecule has 0 amide bonds. The predicted octanol–water partition coefficient (Wildman–Crippen LogP) is 5.57. The van der Waals surface area contributed by atoms with Crippen LogP contribution in [0, 0.1) is 13.8 Å². The number of phenolic OH excluding ortho intramolecular Hbond substituents is 1. The minimum atomic E-state index is -0.119. The van der Waals surface area contributed by atoms with Gasteiger partial charge < -0.3 is 5.11 Å². The molecule has 1 N–H and O–H groups in total. The van der Waals surface area contributed by atoms with Gasteiger partial charge in [0.1, 0.15) is 16.6 Å². The Morgan fingerprint density at radius 3 is 1.78 bits per heavy atom. The number of phenols is 1. The maximum atomic E-state index is 10.1. The van der Waals surface area contributed by atoms with Gasteiger partial charge in [-0.15, -0.1) is 0 Å². The van der Waals surface area contributed by atoms with Gasteiger partial charge in [0, 0.05) is 12.1 Å². The number of rotatable bonds is 1. The van der Waals surface area contributed by atoms with Crippen molar-refractivity contribution in [3.05, 3.63) is 71.8 Å². The Morgan fingerprint density at radius 2 is 1.26 bits per heavy atom. The molecule has 114 valence electrons. The van der Waals surface area contributed by atoms with E-state index in [9.17, 15) is 5.11 Å². The van der Waals surface area contributed by atoms with Gasteiger partial charge >= 0.3 is 0 Å². The fourth-order valence-corrected chi connectivity index (χ4v) is 6.85. The highest BCUT2D eigenvalue weighted by molar-refractivity contribution is 8.04. The molecule has 0 aliphatic carbocycles. The zero-order valence-corrected chi connectivity index (χ0v) is 14.7. The van der Waals surface area contributed by atoms with Crippen molar-refractivity contribution >= 4 is 22.7 Å². The van der Waals surface area contributed by atoms with Crippen molar-refractivity contribution in [1.82, 2.24) is 0 Å². The van der Waals surface area contributed by atoms with Crippen LogP contribution in [0.5, 0.6) is 5.75 Å². The van der Waals surface area contributed by atoms with E-state index in [-0.39, 0.29) is 10.9 Å². The van der Waals surface area contributed by atoms with Gasteiger partial charge in [0.2, 0.25) is 0 Å². The molecule has 3 aromatic rings. The fourth-order valence-electron chi connectivity index (χ4n) is 2.93. The van der Waals surface area contributed by atoms with E-state index in [1.54, 1.807) is 0 Å². The molecule has 0 saturated carbocycles. The number of aromatic hydroxyl groups is 1. The van der Waals surface area contributed by atoms with Crippen LogP contribution >= 0.6 is 11.8 Å².